The van der Waals surface area contributed by atoms with Crippen molar-refractivity contribution < 1.29 is 14.3 Å². The van der Waals surface area contributed by atoms with Crippen LogP contribution in [0.25, 0.3) is 0 Å². The van der Waals surface area contributed by atoms with Crippen molar-refractivity contribution in [3.63, 3.8) is 0 Å². The maximum absolute atomic E-state index is 11.1. The summed E-state index contributed by atoms with van der Waals surface area (Å²) in [5, 5.41) is 0. The van der Waals surface area contributed by atoms with E-state index in [1.807, 2.05) is 13.8 Å². The van der Waals surface area contributed by atoms with Crippen molar-refractivity contribution in [1.29, 1.82) is 0 Å². The van der Waals surface area contributed by atoms with Gasteiger partial charge in [-0.1, -0.05) is 6.92 Å². The Morgan fingerprint density at radius 1 is 1.50 bits per heavy atom. The van der Waals surface area contributed by atoms with E-state index in [0.29, 0.717) is 13.0 Å². The molecule has 0 saturated heterocycles. The van der Waals surface area contributed by atoms with Gasteiger partial charge < -0.3 is 9.47 Å². The van der Waals surface area contributed by atoms with Crippen molar-refractivity contribution in [2.24, 2.45) is 0 Å². The minimum atomic E-state index is 0.00252. The van der Waals surface area contributed by atoms with Gasteiger partial charge in [-0.3, -0.25) is 4.79 Å². The summed E-state index contributed by atoms with van der Waals surface area (Å²) in [6.45, 7) is 4.77. The molecule has 12 heavy (non-hydrogen) atoms. The largest absolute Gasteiger partial charge is 0.381 e. The smallest absolute Gasteiger partial charge is 0.161 e. The molecule has 0 spiro atoms. The van der Waals surface area contributed by atoms with Gasteiger partial charge in [0, 0.05) is 20.1 Å². The van der Waals surface area contributed by atoms with Gasteiger partial charge in [0.05, 0.1) is 6.10 Å². The molecule has 0 bridgehead atoms. The van der Waals surface area contributed by atoms with Crippen molar-refractivity contribution in [2.75, 3.05) is 20.3 Å². The highest BCUT2D eigenvalue weighted by Crippen LogP contribution is 1.96. The Labute approximate surface area is 74.0 Å². The number of ether oxygens (including phenoxy) is 2. The molecule has 0 amide bonds. The van der Waals surface area contributed by atoms with Crippen LogP contribution in [0.2, 0.25) is 0 Å². The molecular formula is C9H18O3. The number of Topliss-reactive ketones (excluding diaryl/α,β-unsaturated/α-hetero) is 1. The van der Waals surface area contributed by atoms with Crippen molar-refractivity contribution in [1.82, 2.24) is 0 Å². The van der Waals surface area contributed by atoms with Crippen molar-refractivity contribution in [3.8, 4) is 0 Å². The Hall–Kier alpha value is -0.410. The molecule has 3 heteroatoms. The van der Waals surface area contributed by atoms with Crippen LogP contribution in [0.5, 0.6) is 0 Å². The highest BCUT2D eigenvalue weighted by atomic mass is 16.5. The third-order valence-corrected chi connectivity index (χ3v) is 1.53. The number of carbonyl (C=O) groups is 1. The first-order chi connectivity index (χ1) is 5.70. The summed E-state index contributed by atoms with van der Waals surface area (Å²) in [5.74, 6) is 0.109. The zero-order valence-corrected chi connectivity index (χ0v) is 8.13. The standard InChI is InChI=1S/C9H18O3/c1-4-5-12-7-9(10)6-8(2)11-3/h8H,4-7H2,1-3H3. The molecule has 72 valence electrons. The van der Waals surface area contributed by atoms with Gasteiger partial charge in [-0.15, -0.1) is 0 Å². The molecule has 0 heterocycles. The number of rotatable bonds is 7. The monoisotopic (exact) mass is 174 g/mol. The number of hydrogen-bond acceptors (Lipinski definition) is 3. The lowest BCUT2D eigenvalue weighted by atomic mass is 10.2. The summed E-state index contributed by atoms with van der Waals surface area (Å²) in [6, 6.07) is 0. The second-order valence-corrected chi connectivity index (χ2v) is 2.84. The number of hydrogen-bond donors (Lipinski definition) is 0. The van der Waals surface area contributed by atoms with Crippen LogP contribution < -0.4 is 0 Å². The number of carbonyl (C=O) groups excluding carboxylic acids is 1. The minimum Gasteiger partial charge on any atom is -0.381 e. The number of ketones is 1. The quantitative estimate of drug-likeness (QED) is 0.547. The first-order valence-corrected chi connectivity index (χ1v) is 4.33. The molecule has 1 unspecified atom stereocenters. The Morgan fingerprint density at radius 3 is 2.67 bits per heavy atom. The molecule has 3 nitrogen and oxygen atoms in total. The Balaban J connectivity index is 3.33. The summed E-state index contributed by atoms with van der Waals surface area (Å²) in [6.07, 6.45) is 1.40. The Morgan fingerprint density at radius 2 is 2.17 bits per heavy atom. The summed E-state index contributed by atoms with van der Waals surface area (Å²) >= 11 is 0. The van der Waals surface area contributed by atoms with E-state index in [-0.39, 0.29) is 18.5 Å². The van der Waals surface area contributed by atoms with E-state index in [9.17, 15) is 4.79 Å². The van der Waals surface area contributed by atoms with E-state index < -0.39 is 0 Å². The fraction of sp³-hybridized carbons (Fsp3) is 0.889. The molecule has 0 aromatic rings. The SMILES string of the molecule is CCCOCC(=O)CC(C)OC. The van der Waals surface area contributed by atoms with Gasteiger partial charge in [0.2, 0.25) is 0 Å². The fourth-order valence-electron chi connectivity index (χ4n) is 0.793. The van der Waals surface area contributed by atoms with Crippen molar-refractivity contribution >= 4 is 5.78 Å². The fourth-order valence-corrected chi connectivity index (χ4v) is 0.793. The van der Waals surface area contributed by atoms with Crippen LogP contribution in [-0.4, -0.2) is 32.2 Å². The average molecular weight is 174 g/mol. The van der Waals surface area contributed by atoms with E-state index in [4.69, 9.17) is 9.47 Å². The molecule has 0 aromatic carbocycles. The van der Waals surface area contributed by atoms with E-state index in [1.165, 1.54) is 0 Å². The van der Waals surface area contributed by atoms with Crippen LogP contribution in [0, 0.1) is 0 Å². The predicted molar refractivity (Wildman–Crippen MR) is 47.2 cm³/mol. The maximum atomic E-state index is 11.1. The third-order valence-electron chi connectivity index (χ3n) is 1.53. The summed E-state index contributed by atoms with van der Waals surface area (Å²) in [4.78, 5) is 11.1. The van der Waals surface area contributed by atoms with Crippen LogP contribution in [0.15, 0.2) is 0 Å². The molecule has 0 saturated carbocycles. The van der Waals surface area contributed by atoms with Crippen molar-refractivity contribution in [3.05, 3.63) is 0 Å². The summed E-state index contributed by atoms with van der Waals surface area (Å²) in [7, 11) is 1.60. The van der Waals surface area contributed by atoms with Gasteiger partial charge in [0.15, 0.2) is 5.78 Å². The molecule has 0 aliphatic heterocycles. The average Bonchev–Trinajstić information content (AvgIpc) is 2.05. The molecule has 0 radical (unpaired) electrons. The van der Waals surface area contributed by atoms with Crippen molar-refractivity contribution in [2.45, 2.75) is 32.8 Å². The lowest BCUT2D eigenvalue weighted by Crippen LogP contribution is -2.16. The van der Waals surface area contributed by atoms with Crippen LogP contribution in [0.4, 0.5) is 0 Å². The first-order valence-electron chi connectivity index (χ1n) is 4.33. The second kappa shape index (κ2) is 7.25. The van der Waals surface area contributed by atoms with E-state index in [0.717, 1.165) is 6.42 Å². The van der Waals surface area contributed by atoms with Crippen LogP contribution in [0.1, 0.15) is 26.7 Å². The molecule has 0 rings (SSSR count). The summed E-state index contributed by atoms with van der Waals surface area (Å²) in [5.41, 5.74) is 0. The molecule has 0 N–H and O–H groups in total. The topological polar surface area (TPSA) is 35.5 Å². The normalized spacial score (nSPS) is 12.9. The maximum Gasteiger partial charge on any atom is 0.161 e. The van der Waals surface area contributed by atoms with Crippen LogP contribution >= 0.6 is 0 Å². The predicted octanol–water partition coefficient (Wildman–Crippen LogP) is 1.41. The van der Waals surface area contributed by atoms with Gasteiger partial charge in [-0.05, 0) is 13.3 Å². The number of methoxy groups -OCH3 is 1. The molecule has 0 aliphatic rings. The van der Waals surface area contributed by atoms with E-state index in [1.54, 1.807) is 7.11 Å². The Kier molecular flexibility index (Phi) is 7.00. The highest BCUT2D eigenvalue weighted by Gasteiger charge is 2.07. The minimum absolute atomic E-state index is 0.00252. The highest BCUT2D eigenvalue weighted by molar-refractivity contribution is 5.80. The zero-order chi connectivity index (χ0) is 9.40. The van der Waals surface area contributed by atoms with Crippen LogP contribution in [0.3, 0.4) is 0 Å². The van der Waals surface area contributed by atoms with Gasteiger partial charge in [0.25, 0.3) is 0 Å². The van der Waals surface area contributed by atoms with E-state index in [2.05, 4.69) is 0 Å². The van der Waals surface area contributed by atoms with E-state index >= 15 is 0 Å². The lowest BCUT2D eigenvalue weighted by molar-refractivity contribution is -0.125. The zero-order valence-electron chi connectivity index (χ0n) is 8.13. The molecular weight excluding hydrogens is 156 g/mol. The second-order valence-electron chi connectivity index (χ2n) is 2.84. The summed E-state index contributed by atoms with van der Waals surface area (Å²) < 4.78 is 10.0. The molecule has 1 atom stereocenters. The van der Waals surface area contributed by atoms with Gasteiger partial charge >= 0.3 is 0 Å². The van der Waals surface area contributed by atoms with Gasteiger partial charge in [-0.2, -0.15) is 0 Å². The Bertz CT molecular complexity index is 123. The lowest BCUT2D eigenvalue weighted by Gasteiger charge is -2.07. The van der Waals surface area contributed by atoms with Crippen LogP contribution in [-0.2, 0) is 14.3 Å². The van der Waals surface area contributed by atoms with Gasteiger partial charge in [-0.25, -0.2) is 0 Å². The molecule has 0 aliphatic carbocycles. The van der Waals surface area contributed by atoms with Gasteiger partial charge in [0.1, 0.15) is 6.61 Å². The first kappa shape index (κ1) is 11.6. The third kappa shape index (κ3) is 6.31. The molecule has 0 aromatic heterocycles. The molecule has 0 fully saturated rings.